The molecule has 1 atom stereocenters. The van der Waals surface area contributed by atoms with E-state index in [1.165, 1.54) is 0 Å². The molecule has 0 amide bonds. The van der Waals surface area contributed by atoms with Crippen molar-refractivity contribution in [1.29, 1.82) is 0 Å². The lowest BCUT2D eigenvalue weighted by Gasteiger charge is -2.33. The summed E-state index contributed by atoms with van der Waals surface area (Å²) >= 11 is 6.13. The van der Waals surface area contributed by atoms with Gasteiger partial charge in [0.05, 0.1) is 0 Å². The number of anilines is 1. The average Bonchev–Trinajstić information content (AvgIpc) is 2.33. The molecule has 0 fully saturated rings. The molecule has 0 saturated carbocycles. The quantitative estimate of drug-likeness (QED) is 0.806. The van der Waals surface area contributed by atoms with Gasteiger partial charge in [0, 0.05) is 22.8 Å². The zero-order valence-electron chi connectivity index (χ0n) is 11.0. The van der Waals surface area contributed by atoms with E-state index in [2.05, 4.69) is 25.2 Å². The Hall–Kier alpha value is -0.730. The second kappa shape index (κ2) is 6.27. The Bertz CT molecular complexity index is 359. The molecule has 17 heavy (non-hydrogen) atoms. The maximum atomic E-state index is 6.13. The summed E-state index contributed by atoms with van der Waals surface area (Å²) in [5, 5.41) is 4.35. The smallest absolute Gasteiger partial charge is 0.0493 e. The Kier molecular flexibility index (Phi) is 5.29. The van der Waals surface area contributed by atoms with Gasteiger partial charge in [0.1, 0.15) is 0 Å². The molecule has 0 heterocycles. The van der Waals surface area contributed by atoms with Crippen molar-refractivity contribution < 1.29 is 0 Å². The fraction of sp³-hybridized carbons (Fsp3) is 0.571. The highest BCUT2D eigenvalue weighted by Crippen LogP contribution is 2.26. The molecule has 96 valence electrons. The minimum absolute atomic E-state index is 0.00661. The first-order valence-corrected chi connectivity index (χ1v) is 6.69. The summed E-state index contributed by atoms with van der Waals surface area (Å²) in [6.45, 7) is 7.01. The largest absolute Gasteiger partial charge is 0.378 e. The summed E-state index contributed by atoms with van der Waals surface area (Å²) < 4.78 is 0. The summed E-state index contributed by atoms with van der Waals surface area (Å²) in [5.74, 6) is 0. The Morgan fingerprint density at radius 2 is 2.06 bits per heavy atom. The second-order valence-electron chi connectivity index (χ2n) is 4.68. The van der Waals surface area contributed by atoms with Crippen LogP contribution < -0.4 is 11.1 Å². The molecule has 2 nitrogen and oxygen atoms in total. The lowest BCUT2D eigenvalue weighted by Crippen LogP contribution is -2.44. The minimum atomic E-state index is -0.00661. The lowest BCUT2D eigenvalue weighted by atomic mass is 9.90. The van der Waals surface area contributed by atoms with Crippen LogP contribution in [-0.4, -0.2) is 12.1 Å². The van der Waals surface area contributed by atoms with E-state index in [1.54, 1.807) is 0 Å². The Morgan fingerprint density at radius 3 is 2.53 bits per heavy atom. The van der Waals surface area contributed by atoms with Crippen LogP contribution in [0.5, 0.6) is 0 Å². The van der Waals surface area contributed by atoms with Crippen LogP contribution in [0.1, 0.15) is 38.7 Å². The van der Waals surface area contributed by atoms with Crippen LogP contribution in [0.3, 0.4) is 0 Å². The van der Waals surface area contributed by atoms with Crippen molar-refractivity contribution in [2.75, 3.05) is 11.9 Å². The number of benzene rings is 1. The van der Waals surface area contributed by atoms with Crippen LogP contribution in [-0.2, 0) is 0 Å². The van der Waals surface area contributed by atoms with Crippen molar-refractivity contribution in [1.82, 2.24) is 0 Å². The van der Waals surface area contributed by atoms with E-state index in [9.17, 15) is 0 Å². The predicted octanol–water partition coefficient (Wildman–Crippen LogP) is 3.97. The SMILES string of the molecule is CCCC(CC)(CN)Nc1ccc(C)c(Cl)c1. The van der Waals surface area contributed by atoms with E-state index in [0.717, 1.165) is 35.5 Å². The molecule has 0 spiro atoms. The summed E-state index contributed by atoms with van der Waals surface area (Å²) in [4.78, 5) is 0. The Morgan fingerprint density at radius 1 is 1.35 bits per heavy atom. The van der Waals surface area contributed by atoms with Gasteiger partial charge in [-0.2, -0.15) is 0 Å². The molecule has 1 aromatic carbocycles. The number of hydrogen-bond acceptors (Lipinski definition) is 2. The zero-order valence-corrected chi connectivity index (χ0v) is 11.8. The second-order valence-corrected chi connectivity index (χ2v) is 5.08. The molecule has 0 aliphatic carbocycles. The van der Waals surface area contributed by atoms with Gasteiger partial charge in [-0.05, 0) is 37.5 Å². The molecule has 3 heteroatoms. The maximum absolute atomic E-state index is 6.13. The van der Waals surface area contributed by atoms with Crippen LogP contribution in [0.15, 0.2) is 18.2 Å². The monoisotopic (exact) mass is 254 g/mol. The molecule has 0 bridgehead atoms. The van der Waals surface area contributed by atoms with E-state index in [0.29, 0.717) is 6.54 Å². The van der Waals surface area contributed by atoms with Gasteiger partial charge in [-0.1, -0.05) is 37.9 Å². The number of rotatable bonds is 6. The standard InChI is InChI=1S/C14H23ClN2/c1-4-8-14(5-2,10-16)17-12-7-6-11(3)13(15)9-12/h6-7,9,17H,4-5,8,10,16H2,1-3H3. The molecule has 0 aromatic heterocycles. The van der Waals surface area contributed by atoms with Crippen LogP contribution >= 0.6 is 11.6 Å². The minimum Gasteiger partial charge on any atom is -0.378 e. The molecular weight excluding hydrogens is 232 g/mol. The summed E-state index contributed by atoms with van der Waals surface area (Å²) in [6.07, 6.45) is 3.21. The Balaban J connectivity index is 2.89. The molecule has 1 unspecified atom stereocenters. The molecule has 3 N–H and O–H groups in total. The van der Waals surface area contributed by atoms with Crippen molar-refractivity contribution in [2.45, 2.75) is 45.6 Å². The molecule has 1 aromatic rings. The number of nitrogens with two attached hydrogens (primary N) is 1. The number of nitrogens with one attached hydrogen (secondary N) is 1. The number of aryl methyl sites for hydroxylation is 1. The zero-order chi connectivity index (χ0) is 12.9. The topological polar surface area (TPSA) is 38.0 Å². The van der Waals surface area contributed by atoms with Crippen molar-refractivity contribution >= 4 is 17.3 Å². The first-order chi connectivity index (χ1) is 8.06. The maximum Gasteiger partial charge on any atom is 0.0493 e. The molecule has 1 rings (SSSR count). The summed E-state index contributed by atoms with van der Waals surface area (Å²) in [7, 11) is 0. The molecule has 0 aliphatic heterocycles. The van der Waals surface area contributed by atoms with E-state index in [-0.39, 0.29) is 5.54 Å². The van der Waals surface area contributed by atoms with Gasteiger partial charge in [-0.25, -0.2) is 0 Å². The molecular formula is C14H23ClN2. The summed E-state index contributed by atoms with van der Waals surface area (Å²) in [6, 6.07) is 6.08. The van der Waals surface area contributed by atoms with Gasteiger partial charge in [-0.15, -0.1) is 0 Å². The van der Waals surface area contributed by atoms with Gasteiger partial charge in [0.2, 0.25) is 0 Å². The normalized spacial score (nSPS) is 14.4. The van der Waals surface area contributed by atoms with Crippen LogP contribution in [0.4, 0.5) is 5.69 Å². The van der Waals surface area contributed by atoms with E-state index in [4.69, 9.17) is 17.3 Å². The van der Waals surface area contributed by atoms with Crippen LogP contribution in [0, 0.1) is 6.92 Å². The van der Waals surface area contributed by atoms with Gasteiger partial charge < -0.3 is 11.1 Å². The fourth-order valence-electron chi connectivity index (χ4n) is 2.08. The van der Waals surface area contributed by atoms with Gasteiger partial charge in [-0.3, -0.25) is 0 Å². The van der Waals surface area contributed by atoms with E-state index in [1.807, 2.05) is 19.1 Å². The van der Waals surface area contributed by atoms with Crippen molar-refractivity contribution in [3.05, 3.63) is 28.8 Å². The van der Waals surface area contributed by atoms with E-state index >= 15 is 0 Å². The van der Waals surface area contributed by atoms with Gasteiger partial charge in [0.15, 0.2) is 0 Å². The first-order valence-electron chi connectivity index (χ1n) is 6.31. The highest BCUT2D eigenvalue weighted by atomic mass is 35.5. The van der Waals surface area contributed by atoms with Crippen LogP contribution in [0.2, 0.25) is 5.02 Å². The molecule has 0 saturated heterocycles. The van der Waals surface area contributed by atoms with Crippen molar-refractivity contribution in [2.24, 2.45) is 5.73 Å². The van der Waals surface area contributed by atoms with E-state index < -0.39 is 0 Å². The third kappa shape index (κ3) is 3.62. The number of hydrogen-bond donors (Lipinski definition) is 2. The van der Waals surface area contributed by atoms with Gasteiger partial charge in [0.25, 0.3) is 0 Å². The third-order valence-corrected chi connectivity index (χ3v) is 3.78. The predicted molar refractivity (Wildman–Crippen MR) is 76.8 cm³/mol. The van der Waals surface area contributed by atoms with Crippen molar-refractivity contribution in [3.8, 4) is 0 Å². The highest BCUT2D eigenvalue weighted by molar-refractivity contribution is 6.31. The lowest BCUT2D eigenvalue weighted by molar-refractivity contribution is 0.422. The average molecular weight is 255 g/mol. The van der Waals surface area contributed by atoms with Crippen LogP contribution in [0.25, 0.3) is 0 Å². The fourth-order valence-corrected chi connectivity index (χ4v) is 2.26. The highest BCUT2D eigenvalue weighted by Gasteiger charge is 2.25. The third-order valence-electron chi connectivity index (χ3n) is 3.38. The molecule has 0 aliphatic rings. The number of halogens is 1. The summed E-state index contributed by atoms with van der Waals surface area (Å²) in [5.41, 5.74) is 8.07. The molecule has 0 radical (unpaired) electrons. The Labute approximate surface area is 110 Å². The van der Waals surface area contributed by atoms with Gasteiger partial charge >= 0.3 is 0 Å². The van der Waals surface area contributed by atoms with Crippen molar-refractivity contribution in [3.63, 3.8) is 0 Å². The first kappa shape index (κ1) is 14.3.